The molecule has 9 heteroatoms. The Morgan fingerprint density at radius 1 is 1.03 bits per heavy atom. The van der Waals surface area contributed by atoms with Crippen molar-refractivity contribution in [3.8, 4) is 34.6 Å². The van der Waals surface area contributed by atoms with Crippen molar-refractivity contribution in [3.05, 3.63) is 88.2 Å². The molecule has 1 amide bonds. The number of hydrogen-bond acceptors (Lipinski definition) is 6. The van der Waals surface area contributed by atoms with Gasteiger partial charge in [-0.05, 0) is 37.3 Å². The van der Waals surface area contributed by atoms with Crippen molar-refractivity contribution in [3.63, 3.8) is 0 Å². The van der Waals surface area contributed by atoms with Crippen molar-refractivity contribution in [2.75, 3.05) is 18.7 Å². The first kappa shape index (κ1) is 21.8. The van der Waals surface area contributed by atoms with E-state index in [-0.39, 0.29) is 24.8 Å². The second-order valence-electron chi connectivity index (χ2n) is 8.37. The summed E-state index contributed by atoms with van der Waals surface area (Å²) in [7, 11) is 0. The zero-order valence-corrected chi connectivity index (χ0v) is 19.5. The molecular weight excluding hydrogens is 462 g/mol. The third-order valence-electron chi connectivity index (χ3n) is 6.06. The molecule has 0 saturated carbocycles. The molecule has 2 aliphatic rings. The van der Waals surface area contributed by atoms with E-state index in [9.17, 15) is 9.59 Å². The van der Waals surface area contributed by atoms with Crippen molar-refractivity contribution in [1.82, 2.24) is 9.36 Å². The summed E-state index contributed by atoms with van der Waals surface area (Å²) in [6, 6.07) is 20.0. The minimum absolute atomic E-state index is 0.147. The highest BCUT2D eigenvalue weighted by molar-refractivity contribution is 5.91. The van der Waals surface area contributed by atoms with Crippen LogP contribution in [-0.2, 0) is 17.8 Å². The quantitative estimate of drug-likeness (QED) is 0.389. The lowest BCUT2D eigenvalue weighted by molar-refractivity contribution is -0.117. The van der Waals surface area contributed by atoms with E-state index >= 15 is 0 Å². The Morgan fingerprint density at radius 2 is 1.86 bits per heavy atom. The fraction of sp³-hybridized carbons (Fsp3) is 0.185. The average molecular weight is 485 g/mol. The molecule has 0 aliphatic carbocycles. The smallest absolute Gasteiger partial charge is 0.278 e. The van der Waals surface area contributed by atoms with Gasteiger partial charge in [-0.1, -0.05) is 30.3 Å². The lowest BCUT2D eigenvalue weighted by atomic mass is 10.0. The summed E-state index contributed by atoms with van der Waals surface area (Å²) in [5.41, 5.74) is 2.29. The number of nitrogens with zero attached hydrogens (tertiary/aromatic N) is 2. The molecule has 1 aromatic heterocycles. The lowest BCUT2D eigenvalue weighted by Gasteiger charge is -2.21. The van der Waals surface area contributed by atoms with Crippen LogP contribution >= 0.6 is 0 Å². The van der Waals surface area contributed by atoms with Crippen LogP contribution in [0.5, 0.6) is 28.9 Å². The van der Waals surface area contributed by atoms with E-state index in [4.69, 9.17) is 18.9 Å². The van der Waals surface area contributed by atoms with Crippen LogP contribution in [-0.4, -0.2) is 28.7 Å². The highest BCUT2D eigenvalue weighted by atomic mass is 16.7. The maximum atomic E-state index is 13.6. The molecule has 0 unspecified atom stereocenters. The fourth-order valence-corrected chi connectivity index (χ4v) is 4.49. The molecule has 3 aromatic carbocycles. The Balaban J connectivity index is 1.39. The van der Waals surface area contributed by atoms with Gasteiger partial charge in [0.1, 0.15) is 6.54 Å². The molecule has 0 spiro atoms. The minimum atomic E-state index is -0.330. The van der Waals surface area contributed by atoms with Crippen LogP contribution in [0.1, 0.15) is 18.1 Å². The third-order valence-corrected chi connectivity index (χ3v) is 6.06. The SMILES string of the molecule is CCOc1cccc2c1Oc1c(c(=O)n(-c3ccccc3)n1CC(=O)Nc1ccc3c(c1)OCO3)C2. The summed E-state index contributed by atoms with van der Waals surface area (Å²) in [6.07, 6.45) is 0.369. The van der Waals surface area contributed by atoms with Crippen LogP contribution in [0.3, 0.4) is 0 Å². The van der Waals surface area contributed by atoms with Gasteiger partial charge in [0.25, 0.3) is 5.56 Å². The Labute approximate surface area is 206 Å². The van der Waals surface area contributed by atoms with Gasteiger partial charge in [0.2, 0.25) is 18.6 Å². The number of aromatic nitrogens is 2. The first-order valence-corrected chi connectivity index (χ1v) is 11.6. The van der Waals surface area contributed by atoms with Crippen molar-refractivity contribution in [2.45, 2.75) is 19.9 Å². The van der Waals surface area contributed by atoms with E-state index in [0.717, 1.165) is 5.56 Å². The second kappa shape index (κ2) is 8.84. The average Bonchev–Trinajstić information content (AvgIpc) is 3.46. The van der Waals surface area contributed by atoms with Gasteiger partial charge >= 0.3 is 0 Å². The molecule has 0 saturated heterocycles. The van der Waals surface area contributed by atoms with Crippen LogP contribution in [0, 0.1) is 0 Å². The van der Waals surface area contributed by atoms with Gasteiger partial charge in [0.05, 0.1) is 17.9 Å². The van der Waals surface area contributed by atoms with E-state index < -0.39 is 0 Å². The highest BCUT2D eigenvalue weighted by Gasteiger charge is 2.31. The van der Waals surface area contributed by atoms with Gasteiger partial charge in [-0.2, -0.15) is 0 Å². The van der Waals surface area contributed by atoms with Crippen molar-refractivity contribution < 1.29 is 23.7 Å². The second-order valence-corrected chi connectivity index (χ2v) is 8.37. The number of benzene rings is 3. The molecular formula is C27H23N3O6. The van der Waals surface area contributed by atoms with E-state index in [1.165, 1.54) is 4.68 Å². The lowest BCUT2D eigenvalue weighted by Crippen LogP contribution is -2.27. The maximum absolute atomic E-state index is 13.6. The van der Waals surface area contributed by atoms with Crippen LogP contribution in [0.15, 0.2) is 71.5 Å². The van der Waals surface area contributed by atoms with Gasteiger partial charge in [0, 0.05) is 23.7 Å². The van der Waals surface area contributed by atoms with Crippen LogP contribution < -0.4 is 29.8 Å². The molecule has 0 fully saturated rings. The number of ether oxygens (including phenoxy) is 4. The van der Waals surface area contributed by atoms with Gasteiger partial charge in [-0.3, -0.25) is 9.59 Å². The van der Waals surface area contributed by atoms with E-state index in [0.29, 0.717) is 58.8 Å². The zero-order valence-electron chi connectivity index (χ0n) is 19.5. The van der Waals surface area contributed by atoms with Crippen LogP contribution in [0.2, 0.25) is 0 Å². The summed E-state index contributed by atoms with van der Waals surface area (Å²) < 4.78 is 25.8. The van der Waals surface area contributed by atoms with E-state index in [1.54, 1.807) is 22.9 Å². The maximum Gasteiger partial charge on any atom is 0.278 e. The molecule has 0 radical (unpaired) electrons. The topological polar surface area (TPSA) is 93.0 Å². The molecule has 9 nitrogen and oxygen atoms in total. The third kappa shape index (κ3) is 3.74. The number of amides is 1. The van der Waals surface area contributed by atoms with E-state index in [1.807, 2.05) is 55.5 Å². The Morgan fingerprint density at radius 3 is 2.69 bits per heavy atom. The summed E-state index contributed by atoms with van der Waals surface area (Å²) in [4.78, 5) is 26.8. The van der Waals surface area contributed by atoms with Crippen molar-refractivity contribution in [2.24, 2.45) is 0 Å². The predicted octanol–water partition coefficient (Wildman–Crippen LogP) is 4.10. The molecule has 0 bridgehead atoms. The molecule has 2 aliphatic heterocycles. The summed E-state index contributed by atoms with van der Waals surface area (Å²) in [5, 5.41) is 2.87. The zero-order chi connectivity index (χ0) is 24.6. The summed E-state index contributed by atoms with van der Waals surface area (Å²) in [5.74, 6) is 2.34. The number of nitrogens with one attached hydrogen (secondary N) is 1. The monoisotopic (exact) mass is 485 g/mol. The number of fused-ring (bicyclic) bond motifs is 3. The molecule has 4 aromatic rings. The number of anilines is 1. The normalized spacial score (nSPS) is 12.9. The molecule has 1 N–H and O–H groups in total. The Kier molecular flexibility index (Phi) is 5.37. The number of carbonyl (C=O) groups is 1. The molecule has 3 heterocycles. The van der Waals surface area contributed by atoms with Gasteiger partial charge < -0.3 is 24.3 Å². The Bertz CT molecular complexity index is 1520. The van der Waals surface area contributed by atoms with Gasteiger partial charge in [-0.15, -0.1) is 0 Å². The highest BCUT2D eigenvalue weighted by Crippen LogP contribution is 2.42. The Hall–Kier alpha value is -4.66. The summed E-state index contributed by atoms with van der Waals surface area (Å²) >= 11 is 0. The van der Waals surface area contributed by atoms with Gasteiger partial charge in [0.15, 0.2) is 23.0 Å². The minimum Gasteiger partial charge on any atom is -0.490 e. The molecule has 0 atom stereocenters. The van der Waals surface area contributed by atoms with E-state index in [2.05, 4.69) is 5.32 Å². The summed E-state index contributed by atoms with van der Waals surface area (Å²) in [6.45, 7) is 2.37. The van der Waals surface area contributed by atoms with Crippen LogP contribution in [0.4, 0.5) is 5.69 Å². The number of para-hydroxylation sites is 2. The number of rotatable bonds is 6. The fourth-order valence-electron chi connectivity index (χ4n) is 4.49. The first-order valence-electron chi connectivity index (χ1n) is 11.6. The molecule has 6 rings (SSSR count). The number of carbonyl (C=O) groups excluding carboxylic acids is 1. The standard InChI is InChI=1S/C27H23N3O6/c1-2-33-22-10-6-7-17-13-20-26(32)30(19-8-4-3-5-9-19)29(27(20)36-25(17)22)15-24(31)28-18-11-12-21-23(14-18)35-16-34-21/h3-12,14H,2,13,15-16H2,1H3,(H,28,31). The molecule has 182 valence electrons. The van der Waals surface area contributed by atoms with Crippen molar-refractivity contribution in [1.29, 1.82) is 0 Å². The first-order chi connectivity index (χ1) is 17.6. The molecule has 36 heavy (non-hydrogen) atoms. The predicted molar refractivity (Wildman–Crippen MR) is 132 cm³/mol. The largest absolute Gasteiger partial charge is 0.490 e. The number of hydrogen-bond donors (Lipinski definition) is 1. The van der Waals surface area contributed by atoms with Gasteiger partial charge in [-0.25, -0.2) is 9.36 Å². The van der Waals surface area contributed by atoms with Crippen molar-refractivity contribution >= 4 is 11.6 Å². The van der Waals surface area contributed by atoms with Crippen LogP contribution in [0.25, 0.3) is 5.69 Å².